The number of para-hydroxylation sites is 1. The molecule has 1 aromatic carbocycles. The van der Waals surface area contributed by atoms with Gasteiger partial charge in [0.05, 0.1) is 25.5 Å². The maximum atomic E-state index is 12.6. The Balaban J connectivity index is 1.56. The molecule has 2 heterocycles. The summed E-state index contributed by atoms with van der Waals surface area (Å²) in [5.74, 6) is -3.49. The first kappa shape index (κ1) is 25.4. The molecular formula is C22H27N7O6. The van der Waals surface area contributed by atoms with Crippen LogP contribution in [0.25, 0.3) is 10.9 Å². The highest BCUT2D eigenvalue weighted by atomic mass is 16.4. The van der Waals surface area contributed by atoms with Crippen LogP contribution in [0.2, 0.25) is 0 Å². The lowest BCUT2D eigenvalue weighted by Gasteiger charge is -2.20. The number of aromatic nitrogens is 3. The number of aliphatic hydroxyl groups is 1. The average molecular weight is 486 g/mol. The Morgan fingerprint density at radius 3 is 2.49 bits per heavy atom. The number of nitrogens with two attached hydrogens (primary N) is 1. The number of nitrogens with one attached hydrogen (secondary N) is 5. The molecule has 9 N–H and O–H groups in total. The van der Waals surface area contributed by atoms with Crippen LogP contribution in [0, 0.1) is 0 Å². The minimum Gasteiger partial charge on any atom is -0.480 e. The number of carboxylic acids is 1. The van der Waals surface area contributed by atoms with E-state index in [1.165, 1.54) is 12.5 Å². The average Bonchev–Trinajstić information content (AvgIpc) is 3.50. The van der Waals surface area contributed by atoms with Crippen LogP contribution in [0.3, 0.4) is 0 Å². The van der Waals surface area contributed by atoms with Crippen LogP contribution in [0.15, 0.2) is 43.0 Å². The number of carbonyl (C=O) groups is 4. The van der Waals surface area contributed by atoms with E-state index >= 15 is 0 Å². The summed E-state index contributed by atoms with van der Waals surface area (Å²) in [7, 11) is 0. The number of H-pyrrole nitrogens is 2. The molecular weight excluding hydrogens is 458 g/mol. The highest BCUT2D eigenvalue weighted by Crippen LogP contribution is 2.18. The van der Waals surface area contributed by atoms with Crippen molar-refractivity contribution < 1.29 is 29.4 Å². The Hall–Kier alpha value is -4.23. The van der Waals surface area contributed by atoms with Crippen molar-refractivity contribution >= 4 is 34.6 Å². The van der Waals surface area contributed by atoms with Gasteiger partial charge in [-0.05, 0) is 18.1 Å². The summed E-state index contributed by atoms with van der Waals surface area (Å²) in [6.07, 6.45) is 4.83. The fourth-order valence-corrected chi connectivity index (χ4v) is 3.46. The second-order valence-corrected chi connectivity index (χ2v) is 7.87. The van der Waals surface area contributed by atoms with Crippen LogP contribution >= 0.6 is 0 Å². The lowest BCUT2D eigenvalue weighted by Crippen LogP contribution is -2.55. The Kier molecular flexibility index (Phi) is 8.53. The molecule has 3 rings (SSSR count). The van der Waals surface area contributed by atoms with Gasteiger partial charge in [0.25, 0.3) is 0 Å². The van der Waals surface area contributed by atoms with E-state index in [9.17, 15) is 19.2 Å². The molecule has 0 fully saturated rings. The fraction of sp³-hybridized carbons (Fsp3) is 0.318. The number of rotatable bonds is 12. The third-order valence-electron chi connectivity index (χ3n) is 5.30. The van der Waals surface area contributed by atoms with Crippen molar-refractivity contribution in [2.45, 2.75) is 31.0 Å². The van der Waals surface area contributed by atoms with E-state index in [4.69, 9.17) is 15.9 Å². The predicted molar refractivity (Wildman–Crippen MR) is 124 cm³/mol. The number of carboxylic acid groups (broad SMARTS) is 1. The highest BCUT2D eigenvalue weighted by Gasteiger charge is 2.27. The monoisotopic (exact) mass is 485 g/mol. The molecule has 0 aliphatic rings. The number of hydrogen-bond acceptors (Lipinski definition) is 7. The van der Waals surface area contributed by atoms with E-state index in [-0.39, 0.29) is 12.8 Å². The van der Waals surface area contributed by atoms with Gasteiger partial charge in [0.1, 0.15) is 12.1 Å². The van der Waals surface area contributed by atoms with E-state index in [1.54, 1.807) is 6.20 Å². The van der Waals surface area contributed by atoms with Crippen LogP contribution in [0.4, 0.5) is 0 Å². The molecule has 13 nitrogen and oxygen atoms in total. The highest BCUT2D eigenvalue weighted by molar-refractivity contribution is 5.93. The number of carbonyl (C=O) groups excluding carboxylic acids is 3. The number of aliphatic hydroxyl groups excluding tert-OH is 1. The number of benzene rings is 1. The van der Waals surface area contributed by atoms with Crippen molar-refractivity contribution in [1.29, 1.82) is 0 Å². The maximum Gasteiger partial charge on any atom is 0.328 e. The summed E-state index contributed by atoms with van der Waals surface area (Å²) in [6, 6.07) is 3.95. The number of amides is 3. The van der Waals surface area contributed by atoms with Gasteiger partial charge in [-0.3, -0.25) is 14.4 Å². The quantitative estimate of drug-likeness (QED) is 0.146. The number of aliphatic carboxylic acids is 1. The largest absolute Gasteiger partial charge is 0.480 e. The van der Waals surface area contributed by atoms with Gasteiger partial charge in [-0.2, -0.15) is 0 Å². The van der Waals surface area contributed by atoms with Crippen LogP contribution in [-0.2, 0) is 32.0 Å². The summed E-state index contributed by atoms with van der Waals surface area (Å²) in [6.45, 7) is -1.27. The molecule has 35 heavy (non-hydrogen) atoms. The number of imidazole rings is 1. The zero-order valence-electron chi connectivity index (χ0n) is 18.7. The summed E-state index contributed by atoms with van der Waals surface area (Å²) in [5, 5.41) is 26.2. The summed E-state index contributed by atoms with van der Waals surface area (Å²) in [4.78, 5) is 58.3. The normalized spacial score (nSPS) is 13.5. The number of fused-ring (bicyclic) bond motifs is 1. The first-order valence-corrected chi connectivity index (χ1v) is 10.8. The van der Waals surface area contributed by atoms with Crippen molar-refractivity contribution in [3.05, 3.63) is 54.2 Å². The van der Waals surface area contributed by atoms with Crippen molar-refractivity contribution in [3.8, 4) is 0 Å². The fourth-order valence-electron chi connectivity index (χ4n) is 3.46. The Bertz CT molecular complexity index is 1180. The first-order chi connectivity index (χ1) is 16.8. The molecule has 0 aliphatic carbocycles. The SMILES string of the molecule is NC(Cc1c[nH]c2ccccc12)C(=O)NCC(=O)NC(Cc1cnc[nH]1)C(=O)NC(CO)C(=O)O. The zero-order chi connectivity index (χ0) is 25.4. The molecule has 3 unspecified atom stereocenters. The summed E-state index contributed by atoms with van der Waals surface area (Å²) >= 11 is 0. The third-order valence-corrected chi connectivity index (χ3v) is 5.30. The second kappa shape index (κ2) is 11.8. The first-order valence-electron chi connectivity index (χ1n) is 10.8. The second-order valence-electron chi connectivity index (χ2n) is 7.87. The van der Waals surface area contributed by atoms with Crippen LogP contribution in [0.1, 0.15) is 11.3 Å². The standard InChI is InChI=1S/C22H27N7O6/c23-15(5-12-7-25-16-4-2-1-3-14(12)16)20(32)26-9-19(31)28-17(6-13-8-24-11-27-13)21(33)29-18(10-30)22(34)35/h1-4,7-8,11,15,17-18,25,30H,5-6,9-10,23H2,(H,24,27)(H,26,32)(H,28,31)(H,29,33)(H,34,35). The molecule has 0 radical (unpaired) electrons. The van der Waals surface area contributed by atoms with E-state index < -0.39 is 55.0 Å². The molecule has 13 heteroatoms. The molecule has 0 aliphatic heterocycles. The molecule has 3 amide bonds. The van der Waals surface area contributed by atoms with Gasteiger partial charge >= 0.3 is 5.97 Å². The van der Waals surface area contributed by atoms with E-state index in [1.807, 2.05) is 24.3 Å². The van der Waals surface area contributed by atoms with Crippen LogP contribution in [0.5, 0.6) is 0 Å². The third kappa shape index (κ3) is 6.88. The van der Waals surface area contributed by atoms with Gasteiger partial charge in [0.2, 0.25) is 17.7 Å². The van der Waals surface area contributed by atoms with Crippen molar-refractivity contribution in [2.24, 2.45) is 5.73 Å². The minimum absolute atomic E-state index is 0.0244. The molecule has 0 bridgehead atoms. The van der Waals surface area contributed by atoms with Gasteiger partial charge in [-0.25, -0.2) is 9.78 Å². The Morgan fingerprint density at radius 2 is 1.80 bits per heavy atom. The van der Waals surface area contributed by atoms with E-state index in [2.05, 4.69) is 30.9 Å². The lowest BCUT2D eigenvalue weighted by molar-refractivity contribution is -0.143. The summed E-state index contributed by atoms with van der Waals surface area (Å²) < 4.78 is 0. The molecule has 0 saturated heterocycles. The summed E-state index contributed by atoms with van der Waals surface area (Å²) in [5.41, 5.74) is 8.30. The lowest BCUT2D eigenvalue weighted by atomic mass is 10.1. The van der Waals surface area contributed by atoms with E-state index in [0.717, 1.165) is 16.5 Å². The predicted octanol–water partition coefficient (Wildman–Crippen LogP) is -1.83. The Labute approximate surface area is 199 Å². The Morgan fingerprint density at radius 1 is 1.03 bits per heavy atom. The zero-order valence-corrected chi connectivity index (χ0v) is 18.7. The number of aromatic amines is 2. The minimum atomic E-state index is -1.54. The van der Waals surface area contributed by atoms with E-state index in [0.29, 0.717) is 5.69 Å². The van der Waals surface area contributed by atoms with Crippen molar-refractivity contribution in [3.63, 3.8) is 0 Å². The van der Waals surface area contributed by atoms with Gasteiger partial charge in [0, 0.05) is 35.4 Å². The smallest absolute Gasteiger partial charge is 0.328 e. The molecule has 0 saturated carbocycles. The van der Waals surface area contributed by atoms with Crippen molar-refractivity contribution in [1.82, 2.24) is 30.9 Å². The molecule has 3 atom stereocenters. The molecule has 0 spiro atoms. The molecule has 2 aromatic heterocycles. The maximum absolute atomic E-state index is 12.6. The van der Waals surface area contributed by atoms with Crippen LogP contribution in [-0.4, -0.2) is 80.1 Å². The number of nitrogens with zero attached hydrogens (tertiary/aromatic N) is 1. The van der Waals surface area contributed by atoms with Gasteiger partial charge in [0.15, 0.2) is 0 Å². The van der Waals surface area contributed by atoms with Crippen LogP contribution < -0.4 is 21.7 Å². The number of hydrogen-bond donors (Lipinski definition) is 8. The van der Waals surface area contributed by atoms with Gasteiger partial charge in [-0.15, -0.1) is 0 Å². The van der Waals surface area contributed by atoms with Crippen molar-refractivity contribution in [2.75, 3.05) is 13.2 Å². The topological polar surface area (TPSA) is 215 Å². The van der Waals surface area contributed by atoms with Gasteiger partial charge < -0.3 is 41.9 Å². The van der Waals surface area contributed by atoms with Gasteiger partial charge in [-0.1, -0.05) is 18.2 Å². The molecule has 3 aromatic rings. The molecule has 186 valence electrons.